The Bertz CT molecular complexity index is 1040. The van der Waals surface area contributed by atoms with Gasteiger partial charge in [0.2, 0.25) is 0 Å². The minimum atomic E-state index is -0.402. The second kappa shape index (κ2) is 8.29. The van der Waals surface area contributed by atoms with Crippen LogP contribution < -0.4 is 14.9 Å². The van der Waals surface area contributed by atoms with E-state index in [2.05, 4.69) is 10.5 Å². The molecule has 0 radical (unpaired) electrons. The van der Waals surface area contributed by atoms with Crippen LogP contribution in [-0.4, -0.2) is 26.3 Å². The molecule has 3 rings (SSSR count). The number of ether oxygens (including phenoxy) is 2. The molecule has 1 N–H and O–H groups in total. The summed E-state index contributed by atoms with van der Waals surface area (Å²) in [4.78, 5) is 12.6. The van der Waals surface area contributed by atoms with E-state index in [1.165, 1.54) is 20.4 Å². The van der Waals surface area contributed by atoms with E-state index in [0.29, 0.717) is 32.7 Å². The molecule has 0 bridgehead atoms. The van der Waals surface area contributed by atoms with Crippen molar-refractivity contribution in [2.75, 3.05) is 14.2 Å². The number of hydrogen-bond acceptors (Lipinski definition) is 4. The first-order valence-electron chi connectivity index (χ1n) is 7.96. The number of carbonyl (C=O) groups is 1. The van der Waals surface area contributed by atoms with Gasteiger partial charge in [-0.15, -0.1) is 0 Å². The van der Waals surface area contributed by atoms with E-state index in [9.17, 15) is 4.79 Å². The quantitative estimate of drug-likeness (QED) is 0.486. The van der Waals surface area contributed by atoms with Crippen LogP contribution >= 0.6 is 23.2 Å². The van der Waals surface area contributed by atoms with Crippen molar-refractivity contribution >= 4 is 46.1 Å². The summed E-state index contributed by atoms with van der Waals surface area (Å²) in [5.41, 5.74) is 3.41. The number of methoxy groups -OCH3 is 2. The van der Waals surface area contributed by atoms with Gasteiger partial charge in [-0.25, -0.2) is 5.43 Å². The number of nitrogens with one attached hydrogen (secondary N) is 1. The first-order chi connectivity index (χ1) is 13.0. The van der Waals surface area contributed by atoms with Crippen LogP contribution in [0.15, 0.2) is 53.6 Å². The largest absolute Gasteiger partial charge is 0.496 e. The standard InChI is InChI=1S/C20H16Cl2N2O3/c1-26-18-9-13-6-4-3-5-12(13)8-16(18)20(25)24-23-11-14-7-15(21)10-17(22)19(14)27-2/h3-11H,1-2H3,(H,24,25)/b23-11-. The van der Waals surface area contributed by atoms with Crippen molar-refractivity contribution in [3.05, 3.63) is 69.7 Å². The predicted octanol–water partition coefficient (Wildman–Crippen LogP) is 4.93. The molecular weight excluding hydrogens is 387 g/mol. The van der Waals surface area contributed by atoms with Gasteiger partial charge < -0.3 is 9.47 Å². The predicted molar refractivity (Wildman–Crippen MR) is 109 cm³/mol. The van der Waals surface area contributed by atoms with Gasteiger partial charge in [0.15, 0.2) is 0 Å². The van der Waals surface area contributed by atoms with Crippen LogP contribution in [0.1, 0.15) is 15.9 Å². The van der Waals surface area contributed by atoms with E-state index in [-0.39, 0.29) is 0 Å². The second-order valence-electron chi connectivity index (χ2n) is 5.61. The van der Waals surface area contributed by atoms with Gasteiger partial charge in [0, 0.05) is 10.6 Å². The average molecular weight is 403 g/mol. The van der Waals surface area contributed by atoms with Crippen molar-refractivity contribution in [2.45, 2.75) is 0 Å². The lowest BCUT2D eigenvalue weighted by Gasteiger charge is -2.10. The summed E-state index contributed by atoms with van der Waals surface area (Å²) in [6, 6.07) is 14.5. The zero-order chi connectivity index (χ0) is 19.4. The molecule has 0 aliphatic heterocycles. The van der Waals surface area contributed by atoms with Crippen LogP contribution in [0.2, 0.25) is 10.0 Å². The highest BCUT2D eigenvalue weighted by Gasteiger charge is 2.13. The van der Waals surface area contributed by atoms with E-state index in [4.69, 9.17) is 32.7 Å². The molecule has 3 aromatic rings. The number of hydrogen-bond donors (Lipinski definition) is 1. The fourth-order valence-corrected chi connectivity index (χ4v) is 3.26. The van der Waals surface area contributed by atoms with Crippen LogP contribution in [0.4, 0.5) is 0 Å². The maximum absolute atomic E-state index is 12.6. The Morgan fingerprint density at radius 2 is 1.74 bits per heavy atom. The highest BCUT2D eigenvalue weighted by atomic mass is 35.5. The summed E-state index contributed by atoms with van der Waals surface area (Å²) >= 11 is 12.1. The van der Waals surface area contributed by atoms with Crippen LogP contribution in [-0.2, 0) is 0 Å². The SMILES string of the molecule is COc1cc2ccccc2cc1C(=O)N/N=C\c1cc(Cl)cc(Cl)c1OC. The highest BCUT2D eigenvalue weighted by Crippen LogP contribution is 2.31. The third kappa shape index (κ3) is 4.15. The number of hydrazone groups is 1. The zero-order valence-corrected chi connectivity index (χ0v) is 16.1. The molecule has 3 aromatic carbocycles. The third-order valence-corrected chi connectivity index (χ3v) is 4.42. The minimum absolute atomic E-state index is 0.356. The molecule has 0 heterocycles. The lowest BCUT2D eigenvalue weighted by atomic mass is 10.1. The Labute approximate surface area is 166 Å². The van der Waals surface area contributed by atoms with Crippen molar-refractivity contribution in [3.63, 3.8) is 0 Å². The molecule has 1 amide bonds. The van der Waals surface area contributed by atoms with E-state index in [0.717, 1.165) is 10.8 Å². The van der Waals surface area contributed by atoms with E-state index >= 15 is 0 Å². The number of carbonyl (C=O) groups excluding carboxylic acids is 1. The van der Waals surface area contributed by atoms with Gasteiger partial charge >= 0.3 is 0 Å². The Morgan fingerprint density at radius 1 is 1.04 bits per heavy atom. The fourth-order valence-electron chi connectivity index (χ4n) is 2.68. The zero-order valence-electron chi connectivity index (χ0n) is 14.6. The fraction of sp³-hybridized carbons (Fsp3) is 0.100. The number of fused-ring (bicyclic) bond motifs is 1. The Balaban J connectivity index is 1.86. The van der Waals surface area contributed by atoms with Crippen molar-refractivity contribution < 1.29 is 14.3 Å². The summed E-state index contributed by atoms with van der Waals surface area (Å²) in [7, 11) is 3.01. The van der Waals surface area contributed by atoms with Crippen LogP contribution in [0.3, 0.4) is 0 Å². The van der Waals surface area contributed by atoms with E-state index in [1.807, 2.05) is 30.3 Å². The van der Waals surface area contributed by atoms with Crippen molar-refractivity contribution in [3.8, 4) is 11.5 Å². The molecule has 0 aliphatic carbocycles. The third-order valence-electron chi connectivity index (χ3n) is 3.92. The molecule has 0 aromatic heterocycles. The maximum atomic E-state index is 12.6. The molecule has 0 unspecified atom stereocenters. The average Bonchev–Trinajstić information content (AvgIpc) is 2.66. The Hall–Kier alpha value is -2.76. The Kier molecular flexibility index (Phi) is 5.84. The molecular formula is C20H16Cl2N2O3. The molecule has 0 fully saturated rings. The summed E-state index contributed by atoms with van der Waals surface area (Å²) in [6.45, 7) is 0. The number of amides is 1. The summed E-state index contributed by atoms with van der Waals surface area (Å²) in [6.07, 6.45) is 1.42. The first-order valence-corrected chi connectivity index (χ1v) is 8.72. The molecule has 138 valence electrons. The number of nitrogens with zero attached hydrogens (tertiary/aromatic N) is 1. The molecule has 0 saturated carbocycles. The molecule has 27 heavy (non-hydrogen) atoms. The van der Waals surface area contributed by atoms with Gasteiger partial charge in [0.1, 0.15) is 11.5 Å². The summed E-state index contributed by atoms with van der Waals surface area (Å²) < 4.78 is 10.6. The second-order valence-corrected chi connectivity index (χ2v) is 6.45. The topological polar surface area (TPSA) is 59.9 Å². The number of benzene rings is 3. The smallest absolute Gasteiger partial charge is 0.275 e. The normalized spacial score (nSPS) is 11.0. The lowest BCUT2D eigenvalue weighted by molar-refractivity contribution is 0.0952. The number of halogens is 2. The van der Waals surface area contributed by atoms with Gasteiger partial charge in [0.25, 0.3) is 5.91 Å². The number of rotatable bonds is 5. The molecule has 0 atom stereocenters. The van der Waals surface area contributed by atoms with Crippen LogP contribution in [0, 0.1) is 0 Å². The van der Waals surface area contributed by atoms with E-state index < -0.39 is 5.91 Å². The van der Waals surface area contributed by atoms with Crippen LogP contribution in [0.25, 0.3) is 10.8 Å². The summed E-state index contributed by atoms with van der Waals surface area (Å²) in [5.74, 6) is 0.480. The van der Waals surface area contributed by atoms with Gasteiger partial charge in [-0.3, -0.25) is 4.79 Å². The molecule has 0 spiro atoms. The van der Waals surface area contributed by atoms with Crippen molar-refractivity contribution in [1.82, 2.24) is 5.43 Å². The Morgan fingerprint density at radius 3 is 2.41 bits per heavy atom. The first kappa shape index (κ1) is 19.0. The van der Waals surface area contributed by atoms with Gasteiger partial charge in [0.05, 0.1) is 31.0 Å². The van der Waals surface area contributed by atoms with Gasteiger partial charge in [-0.1, -0.05) is 47.5 Å². The van der Waals surface area contributed by atoms with Gasteiger partial charge in [-0.2, -0.15) is 5.10 Å². The summed E-state index contributed by atoms with van der Waals surface area (Å²) in [5, 5.41) is 6.68. The van der Waals surface area contributed by atoms with Gasteiger partial charge in [-0.05, 0) is 35.0 Å². The van der Waals surface area contributed by atoms with Crippen molar-refractivity contribution in [2.24, 2.45) is 5.10 Å². The lowest BCUT2D eigenvalue weighted by Crippen LogP contribution is -2.18. The van der Waals surface area contributed by atoms with Crippen molar-refractivity contribution in [1.29, 1.82) is 0 Å². The monoisotopic (exact) mass is 402 g/mol. The molecule has 0 aliphatic rings. The maximum Gasteiger partial charge on any atom is 0.275 e. The molecule has 7 heteroatoms. The molecule has 5 nitrogen and oxygen atoms in total. The van der Waals surface area contributed by atoms with Crippen LogP contribution in [0.5, 0.6) is 11.5 Å². The highest BCUT2D eigenvalue weighted by molar-refractivity contribution is 6.36. The minimum Gasteiger partial charge on any atom is -0.496 e. The molecule has 0 saturated heterocycles. The van der Waals surface area contributed by atoms with E-state index in [1.54, 1.807) is 18.2 Å².